The lowest BCUT2D eigenvalue weighted by atomic mass is 10.2. The largest absolute Gasteiger partial charge is 0.516 e. The van der Waals surface area contributed by atoms with Crippen LogP contribution in [-0.4, -0.2) is 31.1 Å². The minimum atomic E-state index is -1.91. The van der Waals surface area contributed by atoms with Crippen molar-refractivity contribution in [1.29, 1.82) is 0 Å². The first kappa shape index (κ1) is 30.3. The van der Waals surface area contributed by atoms with E-state index in [-0.39, 0.29) is 11.3 Å². The molecular weight excluding hydrogens is 602 g/mol. The standard InChI is InChI=1S/C25H24O7P2S4/c1-4-6-8-22(24(26)27)23(7-5-2)32-25(28)31-17-30-19-11-15-21(16-12-19)34(36)37-33(35,38-34)20-13-9-18(29-3)10-14-20/h4-16H,2,17H2,1,3H3,(H,26,27)/b6-4-,22-8+,23-7+. The molecule has 3 rings (SSSR count). The van der Waals surface area contributed by atoms with E-state index < -0.39 is 27.8 Å². The third-order valence-electron chi connectivity index (χ3n) is 4.79. The van der Waals surface area contributed by atoms with E-state index in [1.165, 1.54) is 24.3 Å². The van der Waals surface area contributed by atoms with Crippen molar-refractivity contribution in [2.24, 2.45) is 0 Å². The molecule has 13 heteroatoms. The van der Waals surface area contributed by atoms with Crippen LogP contribution in [0.5, 0.6) is 11.5 Å². The Labute approximate surface area is 239 Å². The molecule has 1 fully saturated rings. The molecule has 1 aliphatic heterocycles. The zero-order chi connectivity index (χ0) is 27.8. The number of carboxylic acid groups (broad SMARTS) is 1. The summed E-state index contributed by atoms with van der Waals surface area (Å²) in [5, 5.41) is 11.5. The maximum Gasteiger partial charge on any atom is 0.516 e. The van der Waals surface area contributed by atoms with E-state index in [1.807, 2.05) is 36.4 Å². The van der Waals surface area contributed by atoms with Crippen molar-refractivity contribution >= 4 is 77.2 Å². The SMILES string of the molecule is C=C\C=C(OC(=O)OCOc1ccc(P2(=S)SP(=S)(c3ccc(OC)cc3)S2)cc1)/C(=C\C=C/C)C(=O)O. The number of methoxy groups -OCH3 is 1. The molecule has 200 valence electrons. The summed E-state index contributed by atoms with van der Waals surface area (Å²) < 4.78 is 16.9. The molecule has 1 heterocycles. The van der Waals surface area contributed by atoms with E-state index in [4.69, 9.17) is 42.6 Å². The molecule has 1 aliphatic rings. The lowest BCUT2D eigenvalue weighted by Gasteiger charge is -2.40. The van der Waals surface area contributed by atoms with Crippen molar-refractivity contribution in [3.63, 3.8) is 0 Å². The summed E-state index contributed by atoms with van der Waals surface area (Å²) in [5.74, 6) is -0.234. The van der Waals surface area contributed by atoms with Crippen LogP contribution in [0.4, 0.5) is 4.79 Å². The van der Waals surface area contributed by atoms with Crippen LogP contribution in [0.15, 0.2) is 96.8 Å². The Balaban J connectivity index is 1.54. The predicted octanol–water partition coefficient (Wildman–Crippen LogP) is 6.89. The van der Waals surface area contributed by atoms with Gasteiger partial charge in [0.15, 0.2) is 0 Å². The van der Waals surface area contributed by atoms with Gasteiger partial charge in [-0.15, -0.1) is 0 Å². The number of carbonyl (C=O) groups excluding carboxylic acids is 1. The summed E-state index contributed by atoms with van der Waals surface area (Å²) in [7, 11) is 1.63. The first-order valence-electron chi connectivity index (χ1n) is 10.9. The predicted molar refractivity (Wildman–Crippen MR) is 164 cm³/mol. The summed E-state index contributed by atoms with van der Waals surface area (Å²) in [6.45, 7) is 4.80. The smallest absolute Gasteiger partial charge is 0.497 e. The number of hydrogen-bond acceptors (Lipinski definition) is 10. The van der Waals surface area contributed by atoms with E-state index >= 15 is 0 Å². The van der Waals surface area contributed by atoms with Gasteiger partial charge in [-0.3, -0.25) is 0 Å². The van der Waals surface area contributed by atoms with Crippen LogP contribution < -0.4 is 20.1 Å². The fourth-order valence-electron chi connectivity index (χ4n) is 2.97. The van der Waals surface area contributed by atoms with Gasteiger partial charge >= 0.3 is 12.1 Å². The number of aliphatic carboxylic acids is 1. The molecule has 0 radical (unpaired) electrons. The highest BCUT2D eigenvalue weighted by atomic mass is 33.7. The molecule has 0 spiro atoms. The number of ether oxygens (including phenoxy) is 4. The molecule has 0 bridgehead atoms. The number of rotatable bonds is 11. The Morgan fingerprint density at radius 3 is 2.00 bits per heavy atom. The molecule has 0 amide bonds. The Morgan fingerprint density at radius 1 is 0.974 bits per heavy atom. The normalized spacial score (nSPS) is 21.3. The molecular formula is C25H24O7P2S4. The lowest BCUT2D eigenvalue weighted by molar-refractivity contribution is -0.132. The van der Waals surface area contributed by atoms with Gasteiger partial charge in [-0.25, -0.2) is 9.59 Å². The molecule has 7 nitrogen and oxygen atoms in total. The Kier molecular flexibility index (Phi) is 10.9. The summed E-state index contributed by atoms with van der Waals surface area (Å²) in [6.07, 6.45) is 5.88. The number of allylic oxidation sites excluding steroid dienone is 5. The van der Waals surface area contributed by atoms with Crippen molar-refractivity contribution < 1.29 is 33.6 Å². The average molecular weight is 627 g/mol. The van der Waals surface area contributed by atoms with Crippen molar-refractivity contribution in [3.8, 4) is 11.5 Å². The Bertz CT molecular complexity index is 1370. The molecule has 0 atom stereocenters. The average Bonchev–Trinajstić information content (AvgIpc) is 2.88. The van der Waals surface area contributed by atoms with Crippen LogP contribution in [0.25, 0.3) is 0 Å². The zero-order valence-corrected chi connectivity index (χ0v) is 25.4. The number of carbonyl (C=O) groups is 2. The van der Waals surface area contributed by atoms with Gasteiger partial charge in [0, 0.05) is 10.6 Å². The van der Waals surface area contributed by atoms with E-state index in [0.29, 0.717) is 5.75 Å². The fraction of sp³-hybridized carbons (Fsp3) is 0.120. The minimum Gasteiger partial charge on any atom is -0.497 e. The first-order valence-corrected chi connectivity index (χ1v) is 20.5. The van der Waals surface area contributed by atoms with Crippen LogP contribution >= 0.6 is 30.9 Å². The monoisotopic (exact) mass is 626 g/mol. The van der Waals surface area contributed by atoms with Gasteiger partial charge in [-0.2, -0.15) is 0 Å². The summed E-state index contributed by atoms with van der Waals surface area (Å²) >= 11 is 15.4. The van der Waals surface area contributed by atoms with Gasteiger partial charge in [0.05, 0.1) is 16.0 Å². The van der Waals surface area contributed by atoms with E-state index in [0.717, 1.165) is 16.4 Å². The van der Waals surface area contributed by atoms with Gasteiger partial charge in [0.1, 0.15) is 22.8 Å². The topological polar surface area (TPSA) is 91.3 Å². The van der Waals surface area contributed by atoms with Crippen LogP contribution in [-0.2, 0) is 37.9 Å². The van der Waals surface area contributed by atoms with Crippen LogP contribution in [0.1, 0.15) is 6.92 Å². The van der Waals surface area contributed by atoms with Gasteiger partial charge in [0.2, 0.25) is 6.79 Å². The number of carboxylic acids is 1. The fourth-order valence-corrected chi connectivity index (χ4v) is 45.2. The molecule has 1 saturated heterocycles. The first-order chi connectivity index (χ1) is 18.1. The lowest BCUT2D eigenvalue weighted by Crippen LogP contribution is -2.15. The van der Waals surface area contributed by atoms with Crippen LogP contribution in [0, 0.1) is 0 Å². The molecule has 0 aliphatic carbocycles. The highest BCUT2D eigenvalue weighted by Crippen LogP contribution is 3.04. The van der Waals surface area contributed by atoms with Gasteiger partial charge in [-0.05, 0) is 67.6 Å². The summed E-state index contributed by atoms with van der Waals surface area (Å²) in [4.78, 5) is 23.6. The number of hydrogen-bond donors (Lipinski definition) is 1. The van der Waals surface area contributed by atoms with Crippen LogP contribution in [0.2, 0.25) is 0 Å². The maximum absolute atomic E-state index is 12.1. The molecule has 2 aromatic carbocycles. The van der Waals surface area contributed by atoms with Gasteiger partial charge in [0.25, 0.3) is 0 Å². The summed E-state index contributed by atoms with van der Waals surface area (Å²) in [6, 6.07) is 15.2. The second-order valence-corrected chi connectivity index (χ2v) is 28.6. The molecule has 2 aromatic rings. The van der Waals surface area contributed by atoms with E-state index in [2.05, 4.69) is 6.58 Å². The van der Waals surface area contributed by atoms with E-state index in [1.54, 1.807) is 54.2 Å². The molecule has 0 aromatic heterocycles. The third kappa shape index (κ3) is 7.65. The summed E-state index contributed by atoms with van der Waals surface area (Å²) in [5.41, 5.74) is -0.234. The zero-order valence-electron chi connectivity index (χ0n) is 20.3. The van der Waals surface area contributed by atoms with Crippen molar-refractivity contribution in [3.05, 3.63) is 96.8 Å². The van der Waals surface area contributed by atoms with Gasteiger partial charge in [-0.1, -0.05) is 70.4 Å². The molecule has 38 heavy (non-hydrogen) atoms. The molecule has 0 unspecified atom stereocenters. The molecule has 0 saturated carbocycles. The van der Waals surface area contributed by atoms with Gasteiger partial charge < -0.3 is 24.1 Å². The highest BCUT2D eigenvalue weighted by molar-refractivity contribution is 9.48. The Hall–Kier alpha value is -2.26. The van der Waals surface area contributed by atoms with Crippen molar-refractivity contribution in [2.45, 2.75) is 6.92 Å². The second kappa shape index (κ2) is 13.7. The second-order valence-electron chi connectivity index (χ2n) is 7.29. The maximum atomic E-state index is 12.1. The highest BCUT2D eigenvalue weighted by Gasteiger charge is 2.45. The number of benzene rings is 2. The Morgan fingerprint density at radius 2 is 1.53 bits per heavy atom. The quantitative estimate of drug-likeness (QED) is 0.0706. The molecule has 1 N–H and O–H groups in total. The minimum absolute atomic E-state index is 0.217. The third-order valence-corrected chi connectivity index (χ3v) is 36.0. The van der Waals surface area contributed by atoms with E-state index in [9.17, 15) is 14.7 Å². The van der Waals surface area contributed by atoms with Crippen LogP contribution in [0.3, 0.4) is 0 Å². The van der Waals surface area contributed by atoms with Crippen molar-refractivity contribution in [2.75, 3.05) is 13.9 Å². The van der Waals surface area contributed by atoms with Crippen molar-refractivity contribution in [1.82, 2.24) is 0 Å².